The van der Waals surface area contributed by atoms with Crippen LogP contribution in [0.2, 0.25) is 0 Å². The van der Waals surface area contributed by atoms with Crippen molar-refractivity contribution in [3.8, 4) is 32.4 Å². The molecule has 12 rings (SSSR count). The number of benzene rings is 8. The Hall–Kier alpha value is -7.70. The molecular formula is C56H40N6O2S3. The van der Waals surface area contributed by atoms with E-state index in [1.807, 2.05) is 24.3 Å². The summed E-state index contributed by atoms with van der Waals surface area (Å²) in [6.45, 7) is 4.22. The van der Waals surface area contributed by atoms with E-state index in [0.29, 0.717) is 0 Å². The lowest BCUT2D eigenvalue weighted by Crippen LogP contribution is -2.08. The first-order chi connectivity index (χ1) is 32.9. The molecule has 0 radical (unpaired) electrons. The standard InChI is InChI=1S/C56H40N6O2S3/c1-33-13-17-35(18-14-33)61(37-21-25-39(63-3)26-22-37)47-31-29-45(65-47)49-53-54(58-52-44-12-8-6-10-42(44)41-9-5-7-11-43(41)51(52)57-53)50(56-55(49)59-67-60-56)46-30-32-48(66-46)62(36-19-15-34(2)16-20-36)38-23-27-40(64-4)28-24-38/h5-32H,1-4H3. The molecule has 0 unspecified atom stereocenters. The monoisotopic (exact) mass is 924 g/mol. The number of aryl methyl sites for hydroxylation is 2. The highest BCUT2D eigenvalue weighted by atomic mass is 32.1. The zero-order chi connectivity index (χ0) is 45.2. The van der Waals surface area contributed by atoms with E-state index in [1.54, 1.807) is 36.9 Å². The van der Waals surface area contributed by atoms with Crippen LogP contribution in [0.5, 0.6) is 11.5 Å². The quantitative estimate of drug-likeness (QED) is 0.0992. The highest BCUT2D eigenvalue weighted by Crippen LogP contribution is 2.51. The fourth-order valence-electron chi connectivity index (χ4n) is 9.04. The van der Waals surface area contributed by atoms with Gasteiger partial charge in [0.1, 0.15) is 43.6 Å². The zero-order valence-electron chi connectivity index (χ0n) is 36.9. The molecular weight excluding hydrogens is 885 g/mol. The van der Waals surface area contributed by atoms with Gasteiger partial charge in [0, 0.05) is 54.4 Å². The molecule has 0 amide bonds. The first-order valence-corrected chi connectivity index (χ1v) is 24.2. The van der Waals surface area contributed by atoms with Gasteiger partial charge in [0.2, 0.25) is 0 Å². The smallest absolute Gasteiger partial charge is 0.119 e. The van der Waals surface area contributed by atoms with Crippen molar-refractivity contribution in [1.29, 1.82) is 0 Å². The Kier molecular flexibility index (Phi) is 10.1. The van der Waals surface area contributed by atoms with Gasteiger partial charge >= 0.3 is 0 Å². The predicted molar refractivity (Wildman–Crippen MR) is 282 cm³/mol. The summed E-state index contributed by atoms with van der Waals surface area (Å²) in [7, 11) is 3.39. The van der Waals surface area contributed by atoms with Crippen LogP contribution in [-0.4, -0.2) is 32.9 Å². The largest absolute Gasteiger partial charge is 0.497 e. The van der Waals surface area contributed by atoms with Gasteiger partial charge in [0.25, 0.3) is 0 Å². The molecule has 0 spiro atoms. The van der Waals surface area contributed by atoms with Crippen LogP contribution in [0.15, 0.2) is 170 Å². The van der Waals surface area contributed by atoms with Crippen molar-refractivity contribution in [3.05, 3.63) is 181 Å². The highest BCUT2D eigenvalue weighted by molar-refractivity contribution is 7.20. The van der Waals surface area contributed by atoms with Crippen molar-refractivity contribution in [2.45, 2.75) is 13.8 Å². The lowest BCUT2D eigenvalue weighted by atomic mass is 9.98. The number of hydrogen-bond acceptors (Lipinski definition) is 11. The van der Waals surface area contributed by atoms with Gasteiger partial charge in [-0.1, -0.05) is 83.9 Å². The molecule has 0 bridgehead atoms. The lowest BCUT2D eigenvalue weighted by Gasteiger charge is -2.24. The van der Waals surface area contributed by atoms with Gasteiger partial charge in [-0.15, -0.1) is 22.7 Å². The fraction of sp³-hybridized carbons (Fsp3) is 0.0714. The lowest BCUT2D eigenvalue weighted by molar-refractivity contribution is 0.414. The van der Waals surface area contributed by atoms with E-state index in [2.05, 4.69) is 169 Å². The van der Waals surface area contributed by atoms with Gasteiger partial charge in [-0.05, 0) is 122 Å². The second kappa shape index (κ2) is 16.6. The first-order valence-electron chi connectivity index (χ1n) is 21.9. The van der Waals surface area contributed by atoms with Crippen molar-refractivity contribution in [3.63, 3.8) is 0 Å². The minimum atomic E-state index is 0.781. The SMILES string of the molecule is COc1ccc(N(c2ccc(C)cc2)c2ccc(-c3c4nsnc4c(-c4ccc(N(c5ccc(C)cc5)c5ccc(OC)cc5)s4)c4nc5c6ccccc6c6ccccc6c5nc34)s2)cc1. The second-order valence-electron chi connectivity index (χ2n) is 16.4. The number of rotatable bonds is 10. The van der Waals surface area contributed by atoms with Crippen LogP contribution in [0.25, 0.3) is 75.5 Å². The summed E-state index contributed by atoms with van der Waals surface area (Å²) in [5.41, 5.74) is 13.2. The molecule has 0 saturated carbocycles. The van der Waals surface area contributed by atoms with Gasteiger partial charge in [0.15, 0.2) is 0 Å². The van der Waals surface area contributed by atoms with Crippen LogP contribution < -0.4 is 19.3 Å². The maximum absolute atomic E-state index is 5.74. The van der Waals surface area contributed by atoms with Gasteiger partial charge in [-0.2, -0.15) is 8.75 Å². The Bertz CT molecular complexity index is 3560. The summed E-state index contributed by atoms with van der Waals surface area (Å²) in [6.07, 6.45) is 0. The van der Waals surface area contributed by atoms with Crippen molar-refractivity contribution < 1.29 is 9.47 Å². The van der Waals surface area contributed by atoms with Gasteiger partial charge in [-0.3, -0.25) is 0 Å². The molecule has 0 fully saturated rings. The summed E-state index contributed by atoms with van der Waals surface area (Å²) >= 11 is 4.63. The minimum absolute atomic E-state index is 0.781. The Morgan fingerprint density at radius 3 is 1.10 bits per heavy atom. The van der Waals surface area contributed by atoms with E-state index in [4.69, 9.17) is 28.2 Å². The molecule has 0 atom stereocenters. The molecule has 0 aliphatic carbocycles. The Balaban J connectivity index is 1.12. The van der Waals surface area contributed by atoms with E-state index in [-0.39, 0.29) is 0 Å². The number of nitrogens with zero attached hydrogens (tertiary/aromatic N) is 6. The molecule has 8 nitrogen and oxygen atoms in total. The topological polar surface area (TPSA) is 76.5 Å². The summed E-state index contributed by atoms with van der Waals surface area (Å²) in [4.78, 5) is 18.1. The van der Waals surface area contributed by atoms with E-state index in [9.17, 15) is 0 Å². The number of hydrogen-bond donors (Lipinski definition) is 0. The number of ether oxygens (including phenoxy) is 2. The van der Waals surface area contributed by atoms with Crippen molar-refractivity contribution in [2.75, 3.05) is 24.0 Å². The molecule has 0 aliphatic rings. The van der Waals surface area contributed by atoms with Crippen LogP contribution in [0.4, 0.5) is 32.8 Å². The summed E-state index contributed by atoms with van der Waals surface area (Å²) in [6, 6.07) is 59.5. The molecule has 8 aromatic carbocycles. The number of methoxy groups -OCH3 is 2. The fourth-order valence-corrected chi connectivity index (χ4v) is 11.8. The van der Waals surface area contributed by atoms with Gasteiger partial charge in [-0.25, -0.2) is 9.97 Å². The normalized spacial score (nSPS) is 11.6. The molecule has 4 heterocycles. The van der Waals surface area contributed by atoms with Crippen LogP contribution in [0.1, 0.15) is 11.1 Å². The average molecular weight is 925 g/mol. The summed E-state index contributed by atoms with van der Waals surface area (Å²) < 4.78 is 21.3. The first kappa shape index (κ1) is 40.8. The van der Waals surface area contributed by atoms with E-state index >= 15 is 0 Å². The predicted octanol–water partition coefficient (Wildman–Crippen LogP) is 16.1. The third-order valence-corrected chi connectivity index (χ3v) is 15.1. The van der Waals surface area contributed by atoms with Crippen LogP contribution in [-0.2, 0) is 0 Å². The number of fused-ring (bicyclic) bond motifs is 8. The number of thiophene rings is 2. The van der Waals surface area contributed by atoms with Crippen molar-refractivity contribution >= 4 is 122 Å². The maximum atomic E-state index is 5.74. The Labute approximate surface area is 398 Å². The zero-order valence-corrected chi connectivity index (χ0v) is 39.3. The molecule has 0 saturated heterocycles. The third kappa shape index (κ3) is 7.02. The maximum Gasteiger partial charge on any atom is 0.119 e. The van der Waals surface area contributed by atoms with Crippen LogP contribution in [0.3, 0.4) is 0 Å². The molecule has 12 aromatic rings. The minimum Gasteiger partial charge on any atom is -0.497 e. The second-order valence-corrected chi connectivity index (χ2v) is 19.1. The molecule has 4 aromatic heterocycles. The molecule has 67 heavy (non-hydrogen) atoms. The molecule has 0 aliphatic heterocycles. The van der Waals surface area contributed by atoms with Crippen molar-refractivity contribution in [2.24, 2.45) is 0 Å². The van der Waals surface area contributed by atoms with Crippen LogP contribution in [0, 0.1) is 13.8 Å². The van der Waals surface area contributed by atoms with E-state index in [1.165, 1.54) is 22.9 Å². The summed E-state index contributed by atoms with van der Waals surface area (Å²) in [5, 5.41) is 6.47. The van der Waals surface area contributed by atoms with Gasteiger partial charge < -0.3 is 19.3 Å². The highest BCUT2D eigenvalue weighted by Gasteiger charge is 2.27. The van der Waals surface area contributed by atoms with E-state index in [0.717, 1.165) is 120 Å². The van der Waals surface area contributed by atoms with Gasteiger partial charge in [0.05, 0.1) is 37.0 Å². The van der Waals surface area contributed by atoms with Crippen molar-refractivity contribution in [1.82, 2.24) is 18.7 Å². The van der Waals surface area contributed by atoms with Crippen LogP contribution >= 0.6 is 34.4 Å². The number of aromatic nitrogens is 4. The number of anilines is 6. The van der Waals surface area contributed by atoms with E-state index < -0.39 is 0 Å². The summed E-state index contributed by atoms with van der Waals surface area (Å²) in [5.74, 6) is 1.61. The molecule has 11 heteroatoms. The molecule has 324 valence electrons. The Morgan fingerprint density at radius 2 is 0.731 bits per heavy atom. The Morgan fingerprint density at radius 1 is 0.373 bits per heavy atom. The average Bonchev–Trinajstić information content (AvgIpc) is 4.18. The third-order valence-electron chi connectivity index (χ3n) is 12.3. The molecule has 0 N–H and O–H groups in total.